The molecule has 0 spiro atoms. The summed E-state index contributed by atoms with van der Waals surface area (Å²) in [4.78, 5) is 18.0. The first-order valence-corrected chi connectivity index (χ1v) is 4.03. The molecule has 0 amide bonds. The van der Waals surface area contributed by atoms with Crippen molar-refractivity contribution in [3.63, 3.8) is 0 Å². The highest BCUT2D eigenvalue weighted by molar-refractivity contribution is 5.53. The lowest BCUT2D eigenvalue weighted by Crippen LogP contribution is -2.16. The molecule has 1 atom stereocenters. The molecule has 0 saturated carbocycles. The molecular formula is C9H10N2O. The Balaban J connectivity index is 2.69. The lowest BCUT2D eigenvalue weighted by Gasteiger charge is -2.14. The number of nitrogens with zero attached hydrogens (tertiary/aromatic N) is 1. The maximum atomic E-state index is 11.3. The molecule has 3 heteroatoms. The van der Waals surface area contributed by atoms with Crippen molar-refractivity contribution >= 4 is 6.08 Å². The SMILES string of the molecule is CC1CC=Cc2c1nc[nH]c2=O. The monoisotopic (exact) mass is 162 g/mol. The summed E-state index contributed by atoms with van der Waals surface area (Å²) < 4.78 is 0. The molecule has 1 unspecified atom stereocenters. The molecule has 0 aromatic carbocycles. The molecule has 0 radical (unpaired) electrons. The summed E-state index contributed by atoms with van der Waals surface area (Å²) in [6.45, 7) is 2.08. The van der Waals surface area contributed by atoms with E-state index in [2.05, 4.69) is 16.9 Å². The normalized spacial score (nSPS) is 20.6. The molecule has 1 aromatic heterocycles. The zero-order chi connectivity index (χ0) is 8.55. The Labute approximate surface area is 70.2 Å². The van der Waals surface area contributed by atoms with Gasteiger partial charge in [-0.05, 0) is 6.42 Å². The molecular weight excluding hydrogens is 152 g/mol. The average molecular weight is 162 g/mol. The van der Waals surface area contributed by atoms with E-state index in [9.17, 15) is 4.79 Å². The van der Waals surface area contributed by atoms with Gasteiger partial charge in [0.15, 0.2) is 0 Å². The average Bonchev–Trinajstić information content (AvgIpc) is 2.07. The first-order valence-electron chi connectivity index (χ1n) is 4.03. The van der Waals surface area contributed by atoms with Crippen molar-refractivity contribution in [2.45, 2.75) is 19.3 Å². The molecule has 1 aliphatic rings. The second-order valence-electron chi connectivity index (χ2n) is 3.07. The van der Waals surface area contributed by atoms with Crippen molar-refractivity contribution in [3.8, 4) is 0 Å². The summed E-state index contributed by atoms with van der Waals surface area (Å²) in [6, 6.07) is 0. The molecule has 3 nitrogen and oxygen atoms in total. The van der Waals surface area contributed by atoms with Crippen LogP contribution in [0.1, 0.15) is 30.5 Å². The van der Waals surface area contributed by atoms with Crippen molar-refractivity contribution in [3.05, 3.63) is 34.0 Å². The van der Waals surface area contributed by atoms with Crippen LogP contribution in [0, 0.1) is 0 Å². The fraction of sp³-hybridized carbons (Fsp3) is 0.333. The second-order valence-corrected chi connectivity index (χ2v) is 3.07. The van der Waals surface area contributed by atoms with Gasteiger partial charge in [-0.15, -0.1) is 0 Å². The van der Waals surface area contributed by atoms with E-state index in [-0.39, 0.29) is 5.56 Å². The second kappa shape index (κ2) is 2.59. The fourth-order valence-electron chi connectivity index (χ4n) is 1.48. The fourth-order valence-corrected chi connectivity index (χ4v) is 1.48. The number of fused-ring (bicyclic) bond motifs is 1. The number of hydrogen-bond acceptors (Lipinski definition) is 2. The van der Waals surface area contributed by atoms with Crippen molar-refractivity contribution in [2.75, 3.05) is 0 Å². The Morgan fingerprint density at radius 3 is 3.25 bits per heavy atom. The van der Waals surface area contributed by atoms with Crippen molar-refractivity contribution < 1.29 is 0 Å². The number of rotatable bonds is 0. The van der Waals surface area contributed by atoms with Crippen LogP contribution in [0.3, 0.4) is 0 Å². The van der Waals surface area contributed by atoms with Crippen LogP contribution >= 0.6 is 0 Å². The van der Waals surface area contributed by atoms with Gasteiger partial charge in [0.1, 0.15) is 0 Å². The van der Waals surface area contributed by atoms with Gasteiger partial charge in [-0.25, -0.2) is 4.98 Å². The molecule has 1 aliphatic carbocycles. The van der Waals surface area contributed by atoms with E-state index in [0.717, 1.165) is 17.7 Å². The summed E-state index contributed by atoms with van der Waals surface area (Å²) in [6.07, 6.45) is 6.31. The molecule has 0 fully saturated rings. The maximum Gasteiger partial charge on any atom is 0.258 e. The van der Waals surface area contributed by atoms with Crippen LogP contribution in [0.25, 0.3) is 6.08 Å². The Bertz CT molecular complexity index is 378. The van der Waals surface area contributed by atoms with E-state index in [4.69, 9.17) is 0 Å². The molecule has 1 heterocycles. The number of nitrogens with one attached hydrogen (secondary N) is 1. The summed E-state index contributed by atoms with van der Waals surface area (Å²) in [7, 11) is 0. The molecule has 0 saturated heterocycles. The summed E-state index contributed by atoms with van der Waals surface area (Å²) in [5.41, 5.74) is 1.60. The van der Waals surface area contributed by atoms with Crippen molar-refractivity contribution in [1.29, 1.82) is 0 Å². The van der Waals surface area contributed by atoms with Gasteiger partial charge in [-0.3, -0.25) is 4.79 Å². The number of hydrogen-bond donors (Lipinski definition) is 1. The Morgan fingerprint density at radius 1 is 1.67 bits per heavy atom. The van der Waals surface area contributed by atoms with E-state index >= 15 is 0 Å². The van der Waals surface area contributed by atoms with Crippen LogP contribution in [-0.2, 0) is 0 Å². The van der Waals surface area contributed by atoms with E-state index in [1.54, 1.807) is 0 Å². The Hall–Kier alpha value is -1.38. The van der Waals surface area contributed by atoms with E-state index in [1.807, 2.05) is 12.2 Å². The Morgan fingerprint density at radius 2 is 2.50 bits per heavy atom. The van der Waals surface area contributed by atoms with Crippen LogP contribution in [0.5, 0.6) is 0 Å². The van der Waals surface area contributed by atoms with Crippen LogP contribution in [0.2, 0.25) is 0 Å². The smallest absolute Gasteiger partial charge is 0.258 e. The number of aromatic nitrogens is 2. The van der Waals surface area contributed by atoms with Gasteiger partial charge in [-0.1, -0.05) is 19.1 Å². The lowest BCUT2D eigenvalue weighted by molar-refractivity contribution is 0.730. The van der Waals surface area contributed by atoms with Gasteiger partial charge < -0.3 is 4.98 Å². The highest BCUT2D eigenvalue weighted by Crippen LogP contribution is 2.24. The Kier molecular flexibility index (Phi) is 1.57. The molecule has 2 rings (SSSR count). The van der Waals surface area contributed by atoms with Crippen LogP contribution in [0.4, 0.5) is 0 Å². The van der Waals surface area contributed by atoms with Gasteiger partial charge in [0.05, 0.1) is 17.6 Å². The van der Waals surface area contributed by atoms with Crippen LogP contribution in [-0.4, -0.2) is 9.97 Å². The lowest BCUT2D eigenvalue weighted by atomic mass is 9.94. The molecule has 12 heavy (non-hydrogen) atoms. The number of allylic oxidation sites excluding steroid dienone is 1. The van der Waals surface area contributed by atoms with E-state index in [1.165, 1.54) is 6.33 Å². The molecule has 1 aromatic rings. The molecule has 0 bridgehead atoms. The third-order valence-electron chi connectivity index (χ3n) is 2.16. The molecule has 0 aliphatic heterocycles. The molecule has 62 valence electrons. The van der Waals surface area contributed by atoms with E-state index in [0.29, 0.717) is 5.92 Å². The van der Waals surface area contributed by atoms with Gasteiger partial charge in [-0.2, -0.15) is 0 Å². The van der Waals surface area contributed by atoms with E-state index < -0.39 is 0 Å². The van der Waals surface area contributed by atoms with Crippen molar-refractivity contribution in [1.82, 2.24) is 9.97 Å². The topological polar surface area (TPSA) is 45.8 Å². The first-order chi connectivity index (χ1) is 5.79. The van der Waals surface area contributed by atoms with Gasteiger partial charge in [0.25, 0.3) is 5.56 Å². The quantitative estimate of drug-likeness (QED) is 0.624. The standard InChI is InChI=1S/C9H10N2O/c1-6-3-2-4-7-8(6)10-5-11-9(7)12/h2,4-6H,3H2,1H3,(H,10,11,12). The zero-order valence-corrected chi connectivity index (χ0v) is 6.87. The summed E-state index contributed by atoms with van der Waals surface area (Å²) >= 11 is 0. The summed E-state index contributed by atoms with van der Waals surface area (Å²) in [5, 5.41) is 0. The number of H-pyrrole nitrogens is 1. The first kappa shape index (κ1) is 7.28. The highest BCUT2D eigenvalue weighted by atomic mass is 16.1. The third kappa shape index (κ3) is 0.978. The minimum atomic E-state index is -0.0391. The minimum Gasteiger partial charge on any atom is -0.313 e. The van der Waals surface area contributed by atoms with Crippen molar-refractivity contribution in [2.24, 2.45) is 0 Å². The minimum absolute atomic E-state index is 0.0391. The number of aromatic amines is 1. The van der Waals surface area contributed by atoms with Gasteiger partial charge >= 0.3 is 0 Å². The largest absolute Gasteiger partial charge is 0.313 e. The summed E-state index contributed by atoms with van der Waals surface area (Å²) in [5.74, 6) is 0.368. The van der Waals surface area contributed by atoms with Crippen LogP contribution < -0.4 is 5.56 Å². The predicted octanol–water partition coefficient (Wildman–Crippen LogP) is 1.29. The van der Waals surface area contributed by atoms with Gasteiger partial charge in [0, 0.05) is 5.92 Å². The predicted molar refractivity (Wildman–Crippen MR) is 46.9 cm³/mol. The third-order valence-corrected chi connectivity index (χ3v) is 2.16. The highest BCUT2D eigenvalue weighted by Gasteiger charge is 2.15. The van der Waals surface area contributed by atoms with Crippen LogP contribution in [0.15, 0.2) is 17.2 Å². The zero-order valence-electron chi connectivity index (χ0n) is 6.87. The maximum absolute atomic E-state index is 11.3. The molecule has 1 N–H and O–H groups in total. The van der Waals surface area contributed by atoms with Gasteiger partial charge in [0.2, 0.25) is 0 Å².